The Labute approximate surface area is 180 Å². The molecule has 31 heavy (non-hydrogen) atoms. The van der Waals surface area contributed by atoms with Gasteiger partial charge in [0.1, 0.15) is 11.4 Å². The van der Waals surface area contributed by atoms with Crippen molar-refractivity contribution in [3.05, 3.63) is 29.2 Å². The molecule has 0 bridgehead atoms. The van der Waals surface area contributed by atoms with E-state index in [-0.39, 0.29) is 12.6 Å². The predicted octanol–water partition coefficient (Wildman–Crippen LogP) is 1.96. The summed E-state index contributed by atoms with van der Waals surface area (Å²) in [6.45, 7) is 0.692. The minimum Gasteiger partial charge on any atom is -0.465 e. The molecule has 0 atom stereocenters. The van der Waals surface area contributed by atoms with E-state index in [1.807, 2.05) is 0 Å². The summed E-state index contributed by atoms with van der Waals surface area (Å²) in [5.74, 6) is -1.53. The van der Waals surface area contributed by atoms with Crippen LogP contribution >= 0.6 is 0 Å². The first kappa shape index (κ1) is 21.1. The van der Waals surface area contributed by atoms with Gasteiger partial charge in [-0.15, -0.1) is 0 Å². The van der Waals surface area contributed by atoms with Crippen LogP contribution in [0.2, 0.25) is 0 Å². The van der Waals surface area contributed by atoms with E-state index in [0.29, 0.717) is 17.1 Å². The molecule has 1 aliphatic heterocycles. The lowest BCUT2D eigenvalue weighted by Crippen LogP contribution is -2.36. The molecule has 1 aliphatic carbocycles. The fraction of sp³-hybridized carbons (Fsp3) is 0.571. The first-order valence-electron chi connectivity index (χ1n) is 10.9. The molecule has 3 heterocycles. The number of carbonyl (C=O) groups is 3. The molecule has 2 aliphatic rings. The fourth-order valence-electron chi connectivity index (χ4n) is 4.45. The molecule has 166 valence electrons. The zero-order valence-electron chi connectivity index (χ0n) is 17.7. The Morgan fingerprint density at radius 3 is 2.71 bits per heavy atom. The van der Waals surface area contributed by atoms with Crippen LogP contribution in [0.3, 0.4) is 0 Å². The van der Waals surface area contributed by atoms with E-state index in [2.05, 4.69) is 20.8 Å². The molecule has 2 amide bonds. The summed E-state index contributed by atoms with van der Waals surface area (Å²) < 4.78 is 8.49. The Kier molecular flexibility index (Phi) is 6.34. The Bertz CT molecular complexity index is 973. The molecule has 2 aromatic rings. The standard InChI is InChI=1S/C21H28N6O4/c1-31-21(30)18-15(25-26-12-6-5-9-16(18)26)13-22-19(28)20(29)24-17-10-11-23-27(17)14-7-3-2-4-8-14/h10-11,14H,2-9,12-13H2,1H3,(H,22,28)(H,24,29). The number of hydrogen-bond acceptors (Lipinski definition) is 6. The van der Waals surface area contributed by atoms with E-state index < -0.39 is 17.8 Å². The van der Waals surface area contributed by atoms with Gasteiger partial charge in [-0.05, 0) is 32.1 Å². The normalized spacial score (nSPS) is 16.4. The van der Waals surface area contributed by atoms with Crippen LogP contribution < -0.4 is 10.6 Å². The number of rotatable bonds is 5. The first-order valence-corrected chi connectivity index (χ1v) is 10.9. The number of anilines is 1. The largest absolute Gasteiger partial charge is 0.465 e. The number of carbonyl (C=O) groups excluding carboxylic acids is 3. The Hall–Kier alpha value is -3.17. The number of ether oxygens (including phenoxy) is 1. The maximum atomic E-state index is 12.5. The molecule has 0 radical (unpaired) electrons. The molecule has 0 spiro atoms. The van der Waals surface area contributed by atoms with Crippen molar-refractivity contribution >= 4 is 23.6 Å². The highest BCUT2D eigenvalue weighted by molar-refractivity contribution is 6.39. The van der Waals surface area contributed by atoms with Crippen LogP contribution in [0.5, 0.6) is 0 Å². The van der Waals surface area contributed by atoms with E-state index in [1.54, 1.807) is 21.6 Å². The number of amides is 2. The maximum absolute atomic E-state index is 12.5. The van der Waals surface area contributed by atoms with E-state index in [9.17, 15) is 14.4 Å². The van der Waals surface area contributed by atoms with Crippen LogP contribution in [0.15, 0.2) is 12.3 Å². The monoisotopic (exact) mass is 428 g/mol. The number of aryl methyl sites for hydroxylation is 1. The SMILES string of the molecule is COC(=O)c1c(CNC(=O)C(=O)Nc2ccnn2C2CCCCC2)nn2c1CCCC2. The average Bonchev–Trinajstić information content (AvgIpc) is 3.41. The van der Waals surface area contributed by atoms with Crippen LogP contribution in [0.1, 0.15) is 72.7 Å². The zero-order valence-corrected chi connectivity index (χ0v) is 17.7. The third kappa shape index (κ3) is 4.47. The Balaban J connectivity index is 1.41. The summed E-state index contributed by atoms with van der Waals surface area (Å²) in [5, 5.41) is 14.0. The van der Waals surface area contributed by atoms with Crippen molar-refractivity contribution in [1.82, 2.24) is 24.9 Å². The molecule has 10 heteroatoms. The number of esters is 1. The molecule has 0 unspecified atom stereocenters. The second kappa shape index (κ2) is 9.32. The third-order valence-electron chi connectivity index (χ3n) is 6.01. The molecule has 4 rings (SSSR count). The number of aromatic nitrogens is 4. The van der Waals surface area contributed by atoms with Crippen molar-refractivity contribution < 1.29 is 19.1 Å². The molecule has 1 fully saturated rings. The van der Waals surface area contributed by atoms with Crippen molar-refractivity contribution in [3.63, 3.8) is 0 Å². The molecule has 1 saturated carbocycles. The predicted molar refractivity (Wildman–Crippen MR) is 111 cm³/mol. The number of fused-ring (bicyclic) bond motifs is 1. The van der Waals surface area contributed by atoms with E-state index in [4.69, 9.17) is 4.74 Å². The third-order valence-corrected chi connectivity index (χ3v) is 6.01. The summed E-state index contributed by atoms with van der Waals surface area (Å²) in [6, 6.07) is 1.93. The molecular weight excluding hydrogens is 400 g/mol. The van der Waals surface area contributed by atoms with Crippen molar-refractivity contribution in [2.24, 2.45) is 0 Å². The topological polar surface area (TPSA) is 120 Å². The average molecular weight is 428 g/mol. The number of nitrogens with one attached hydrogen (secondary N) is 2. The van der Waals surface area contributed by atoms with Gasteiger partial charge in [-0.25, -0.2) is 9.48 Å². The zero-order chi connectivity index (χ0) is 21.8. The van der Waals surface area contributed by atoms with Gasteiger partial charge in [0, 0.05) is 12.6 Å². The highest BCUT2D eigenvalue weighted by atomic mass is 16.5. The van der Waals surface area contributed by atoms with Crippen molar-refractivity contribution in [2.75, 3.05) is 12.4 Å². The van der Waals surface area contributed by atoms with Crippen LogP contribution in [-0.2, 0) is 33.8 Å². The number of methoxy groups -OCH3 is 1. The summed E-state index contributed by atoms with van der Waals surface area (Å²) >= 11 is 0. The summed E-state index contributed by atoms with van der Waals surface area (Å²) in [7, 11) is 1.32. The summed E-state index contributed by atoms with van der Waals surface area (Å²) in [6.07, 6.45) is 9.82. The van der Waals surface area contributed by atoms with Gasteiger partial charge in [0.2, 0.25) is 0 Å². The molecule has 2 N–H and O–H groups in total. The van der Waals surface area contributed by atoms with Crippen molar-refractivity contribution in [1.29, 1.82) is 0 Å². The highest BCUT2D eigenvalue weighted by Gasteiger charge is 2.27. The van der Waals surface area contributed by atoms with Gasteiger partial charge in [0.05, 0.1) is 37.3 Å². The van der Waals surface area contributed by atoms with Gasteiger partial charge >= 0.3 is 17.8 Å². The van der Waals surface area contributed by atoms with Crippen LogP contribution in [0.25, 0.3) is 0 Å². The van der Waals surface area contributed by atoms with Crippen LogP contribution in [0, 0.1) is 0 Å². The van der Waals surface area contributed by atoms with Gasteiger partial charge in [0.25, 0.3) is 0 Å². The lowest BCUT2D eigenvalue weighted by Gasteiger charge is -2.23. The minimum atomic E-state index is -0.793. The van der Waals surface area contributed by atoms with Gasteiger partial charge < -0.3 is 15.4 Å². The van der Waals surface area contributed by atoms with Crippen molar-refractivity contribution in [2.45, 2.75) is 70.5 Å². The van der Waals surface area contributed by atoms with Gasteiger partial charge in [0.15, 0.2) is 0 Å². The van der Waals surface area contributed by atoms with Gasteiger partial charge in [-0.3, -0.25) is 14.3 Å². The minimum absolute atomic E-state index is 0.0292. The smallest absolute Gasteiger partial charge is 0.341 e. The van der Waals surface area contributed by atoms with Gasteiger partial charge in [-0.2, -0.15) is 10.2 Å². The second-order valence-corrected chi connectivity index (χ2v) is 8.03. The van der Waals surface area contributed by atoms with E-state index >= 15 is 0 Å². The first-order chi connectivity index (χ1) is 15.1. The highest BCUT2D eigenvalue weighted by Crippen LogP contribution is 2.30. The maximum Gasteiger partial charge on any atom is 0.341 e. The Morgan fingerprint density at radius 1 is 1.13 bits per heavy atom. The Morgan fingerprint density at radius 2 is 1.94 bits per heavy atom. The summed E-state index contributed by atoms with van der Waals surface area (Å²) in [4.78, 5) is 37.1. The summed E-state index contributed by atoms with van der Waals surface area (Å²) in [5.41, 5.74) is 1.62. The van der Waals surface area contributed by atoms with Crippen LogP contribution in [0.4, 0.5) is 5.82 Å². The molecule has 10 nitrogen and oxygen atoms in total. The van der Waals surface area contributed by atoms with Crippen LogP contribution in [-0.4, -0.2) is 44.5 Å². The van der Waals surface area contributed by atoms with Crippen molar-refractivity contribution in [3.8, 4) is 0 Å². The van der Waals surface area contributed by atoms with E-state index in [1.165, 1.54) is 13.5 Å². The lowest BCUT2D eigenvalue weighted by molar-refractivity contribution is -0.136. The number of hydrogen-bond donors (Lipinski definition) is 2. The molecule has 2 aromatic heterocycles. The van der Waals surface area contributed by atoms with Gasteiger partial charge in [-0.1, -0.05) is 19.3 Å². The number of nitrogens with zero attached hydrogens (tertiary/aromatic N) is 4. The second-order valence-electron chi connectivity index (χ2n) is 8.03. The quantitative estimate of drug-likeness (QED) is 0.555. The van der Waals surface area contributed by atoms with E-state index in [0.717, 1.165) is 57.2 Å². The fourth-order valence-corrected chi connectivity index (χ4v) is 4.45. The molecule has 0 aromatic carbocycles. The molecular formula is C21H28N6O4. The lowest BCUT2D eigenvalue weighted by atomic mass is 9.96. The molecule has 0 saturated heterocycles.